The molecule has 2 bridgehead atoms. The fraction of sp³-hybridized carbons (Fsp3) is 0.690. The molecule has 182 valence electrons. The largest absolute Gasteiger partial charge is 0.461 e. The minimum atomic E-state index is -0.967. The standard InChI is InChI=1S/C29H42O4/c1-11-16(3)22(30)28(9)20-17(4)12-15(2)13-26(20,7)21(28)18(5)14-27(8)24-19(6)23(31)29(27,10)25(32)33-24/h11-14,19-24,30-31H,1-10H3/b16-11+,18-14+/t19-,20-,21+,22+,23-,24-,26+,27+,28+,29-/m0/s1. The summed E-state index contributed by atoms with van der Waals surface area (Å²) in [6, 6.07) is 0. The molecule has 10 atom stereocenters. The average molecular weight is 455 g/mol. The number of ether oxygens (including phenoxy) is 1. The Morgan fingerprint density at radius 2 is 1.79 bits per heavy atom. The number of aliphatic hydroxyl groups excluding tert-OH is 2. The first-order valence-corrected chi connectivity index (χ1v) is 12.4. The lowest BCUT2D eigenvalue weighted by molar-refractivity contribution is -0.169. The van der Waals surface area contributed by atoms with E-state index in [0.29, 0.717) is 0 Å². The van der Waals surface area contributed by atoms with Crippen LogP contribution in [0.1, 0.15) is 69.2 Å². The van der Waals surface area contributed by atoms with E-state index >= 15 is 0 Å². The van der Waals surface area contributed by atoms with E-state index in [4.69, 9.17) is 4.74 Å². The molecule has 3 fully saturated rings. The van der Waals surface area contributed by atoms with E-state index in [0.717, 1.165) is 11.1 Å². The predicted octanol–water partition coefficient (Wildman–Crippen LogP) is 5.37. The van der Waals surface area contributed by atoms with Gasteiger partial charge >= 0.3 is 5.97 Å². The van der Waals surface area contributed by atoms with Crippen LogP contribution in [0.3, 0.4) is 0 Å². The molecular weight excluding hydrogens is 412 g/mol. The average Bonchev–Trinajstić information content (AvgIpc) is 2.97. The van der Waals surface area contributed by atoms with Gasteiger partial charge in [-0.05, 0) is 59.0 Å². The minimum Gasteiger partial charge on any atom is -0.461 e. The van der Waals surface area contributed by atoms with Crippen LogP contribution in [-0.4, -0.2) is 34.5 Å². The Morgan fingerprint density at radius 3 is 2.33 bits per heavy atom. The summed E-state index contributed by atoms with van der Waals surface area (Å²) in [5, 5.41) is 22.6. The summed E-state index contributed by atoms with van der Waals surface area (Å²) in [4.78, 5) is 12.8. The summed E-state index contributed by atoms with van der Waals surface area (Å²) in [5.41, 5.74) is 2.64. The van der Waals surface area contributed by atoms with Gasteiger partial charge in [-0.25, -0.2) is 0 Å². The molecule has 0 radical (unpaired) electrons. The van der Waals surface area contributed by atoms with Gasteiger partial charge < -0.3 is 14.9 Å². The fourth-order valence-corrected chi connectivity index (χ4v) is 9.09. The molecule has 4 nitrogen and oxygen atoms in total. The molecule has 33 heavy (non-hydrogen) atoms. The van der Waals surface area contributed by atoms with Crippen LogP contribution >= 0.6 is 0 Å². The Hall–Kier alpha value is -1.65. The fourth-order valence-electron chi connectivity index (χ4n) is 9.09. The van der Waals surface area contributed by atoms with Gasteiger partial charge in [-0.1, -0.05) is 68.7 Å². The van der Waals surface area contributed by atoms with Gasteiger partial charge in [0.25, 0.3) is 0 Å². The van der Waals surface area contributed by atoms with Crippen molar-refractivity contribution in [3.05, 3.63) is 46.6 Å². The van der Waals surface area contributed by atoms with Crippen molar-refractivity contribution in [3.63, 3.8) is 0 Å². The second-order valence-corrected chi connectivity index (χ2v) is 12.3. The number of hydrogen-bond donors (Lipinski definition) is 2. The van der Waals surface area contributed by atoms with E-state index in [-0.39, 0.29) is 40.7 Å². The van der Waals surface area contributed by atoms with E-state index in [1.54, 1.807) is 0 Å². The predicted molar refractivity (Wildman–Crippen MR) is 131 cm³/mol. The summed E-state index contributed by atoms with van der Waals surface area (Å²) >= 11 is 0. The Balaban J connectivity index is 1.87. The second-order valence-electron chi connectivity index (χ2n) is 12.3. The number of carbonyl (C=O) groups is 1. The van der Waals surface area contributed by atoms with Crippen LogP contribution in [0.2, 0.25) is 0 Å². The van der Waals surface area contributed by atoms with Gasteiger partial charge in [-0.2, -0.15) is 0 Å². The number of esters is 1. The van der Waals surface area contributed by atoms with Crippen molar-refractivity contribution in [1.29, 1.82) is 0 Å². The topological polar surface area (TPSA) is 66.8 Å². The Kier molecular flexibility index (Phi) is 5.32. The van der Waals surface area contributed by atoms with Crippen LogP contribution in [0.4, 0.5) is 0 Å². The maximum Gasteiger partial charge on any atom is 0.315 e. The van der Waals surface area contributed by atoms with Gasteiger partial charge in [0.05, 0.1) is 12.2 Å². The number of fused-ring (bicyclic) bond motifs is 3. The van der Waals surface area contributed by atoms with Crippen LogP contribution in [0.5, 0.6) is 0 Å². The number of aliphatic hydroxyl groups is 2. The van der Waals surface area contributed by atoms with Crippen molar-refractivity contribution in [2.75, 3.05) is 0 Å². The first-order valence-electron chi connectivity index (χ1n) is 12.4. The molecular formula is C29H42O4. The highest BCUT2D eigenvalue weighted by Gasteiger charge is 2.74. The molecule has 2 saturated carbocycles. The smallest absolute Gasteiger partial charge is 0.315 e. The van der Waals surface area contributed by atoms with Crippen LogP contribution in [0, 0.1) is 39.4 Å². The summed E-state index contributed by atoms with van der Waals surface area (Å²) in [6.45, 7) is 20.9. The maximum atomic E-state index is 12.8. The van der Waals surface area contributed by atoms with Crippen LogP contribution in [0.25, 0.3) is 0 Å². The SMILES string of the molecule is C/C=C(\C)[C@@H](O)[C@@]1(C)[C@H](/C(C)=C/[C@]2(C)[C@H]3OC(=O)[C@]2(C)[C@@H](O)[C@@H]3C)[C@]2(C)C=C(C)C=C(C)[C@@H]21. The maximum absolute atomic E-state index is 12.8. The van der Waals surface area contributed by atoms with Gasteiger partial charge in [0.2, 0.25) is 0 Å². The first kappa shape index (κ1) is 24.5. The zero-order valence-corrected chi connectivity index (χ0v) is 22.0. The van der Waals surface area contributed by atoms with E-state index < -0.39 is 23.0 Å². The molecule has 4 heteroatoms. The normalized spacial score (nSPS) is 50.3. The van der Waals surface area contributed by atoms with Crippen molar-refractivity contribution in [3.8, 4) is 0 Å². The molecule has 0 amide bonds. The lowest BCUT2D eigenvalue weighted by Gasteiger charge is -2.69. The monoisotopic (exact) mass is 454 g/mol. The van der Waals surface area contributed by atoms with E-state index in [1.165, 1.54) is 11.1 Å². The van der Waals surface area contributed by atoms with Crippen LogP contribution in [-0.2, 0) is 9.53 Å². The van der Waals surface area contributed by atoms with Gasteiger partial charge in [0.15, 0.2) is 0 Å². The molecule has 2 N–H and O–H groups in total. The molecule has 0 spiro atoms. The van der Waals surface area contributed by atoms with Gasteiger partial charge in [0, 0.05) is 22.2 Å². The Labute approximate surface area is 199 Å². The van der Waals surface area contributed by atoms with Crippen molar-refractivity contribution in [2.24, 2.45) is 39.4 Å². The zero-order chi connectivity index (χ0) is 24.9. The summed E-state index contributed by atoms with van der Waals surface area (Å²) < 4.78 is 5.79. The highest BCUT2D eigenvalue weighted by atomic mass is 16.6. The molecule has 0 aromatic heterocycles. The zero-order valence-electron chi connectivity index (χ0n) is 22.0. The van der Waals surface area contributed by atoms with Crippen molar-refractivity contribution >= 4 is 5.97 Å². The molecule has 4 aliphatic rings. The third-order valence-electron chi connectivity index (χ3n) is 10.3. The highest BCUT2D eigenvalue weighted by Crippen LogP contribution is 2.73. The Bertz CT molecular complexity index is 1020. The van der Waals surface area contributed by atoms with Gasteiger partial charge in [-0.15, -0.1) is 0 Å². The Morgan fingerprint density at radius 1 is 1.18 bits per heavy atom. The van der Waals surface area contributed by atoms with E-state index in [2.05, 4.69) is 59.8 Å². The van der Waals surface area contributed by atoms with E-state index in [9.17, 15) is 15.0 Å². The molecule has 0 aromatic rings. The number of allylic oxidation sites excluding steroid dienone is 6. The molecule has 1 saturated heterocycles. The summed E-state index contributed by atoms with van der Waals surface area (Å²) in [6.07, 6.45) is 7.20. The minimum absolute atomic E-state index is 0.0847. The van der Waals surface area contributed by atoms with Crippen LogP contribution in [0.15, 0.2) is 46.6 Å². The van der Waals surface area contributed by atoms with Crippen molar-refractivity contribution < 1.29 is 19.7 Å². The quantitative estimate of drug-likeness (QED) is 0.442. The number of carbonyl (C=O) groups excluding carboxylic acids is 1. The van der Waals surface area contributed by atoms with Crippen molar-refractivity contribution in [1.82, 2.24) is 0 Å². The second kappa shape index (κ2) is 7.18. The van der Waals surface area contributed by atoms with Gasteiger partial charge in [0.1, 0.15) is 11.5 Å². The van der Waals surface area contributed by atoms with E-state index in [1.807, 2.05) is 33.8 Å². The molecule has 1 heterocycles. The van der Waals surface area contributed by atoms with Crippen molar-refractivity contribution in [2.45, 2.75) is 87.5 Å². The number of rotatable bonds is 4. The number of hydrogen-bond acceptors (Lipinski definition) is 4. The third kappa shape index (κ3) is 2.68. The lowest BCUT2D eigenvalue weighted by atomic mass is 9.34. The molecule has 4 rings (SSSR count). The third-order valence-corrected chi connectivity index (χ3v) is 10.3. The summed E-state index contributed by atoms with van der Waals surface area (Å²) in [5.74, 6) is -0.114. The summed E-state index contributed by atoms with van der Waals surface area (Å²) in [7, 11) is 0. The molecule has 0 unspecified atom stereocenters. The van der Waals surface area contributed by atoms with Gasteiger partial charge in [-0.3, -0.25) is 4.79 Å². The highest BCUT2D eigenvalue weighted by molar-refractivity contribution is 5.83. The van der Waals surface area contributed by atoms with Crippen LogP contribution < -0.4 is 0 Å². The molecule has 1 aliphatic heterocycles. The lowest BCUT2D eigenvalue weighted by Crippen LogP contribution is -2.67. The first-order chi connectivity index (χ1) is 15.1. The molecule has 3 aliphatic carbocycles. The molecule has 0 aromatic carbocycles.